The minimum Gasteiger partial charge on any atom is -0.398 e. The molecule has 0 heterocycles. The zero-order chi connectivity index (χ0) is 12.5. The van der Waals surface area contributed by atoms with Crippen LogP contribution in [0.4, 0.5) is 10.1 Å². The average molecular weight is 236 g/mol. The fraction of sp³-hybridized carbons (Fsp3) is 0.462. The molecule has 2 rings (SSSR count). The predicted octanol–water partition coefficient (Wildman–Crippen LogP) is 2.47. The molecule has 1 aliphatic rings. The first kappa shape index (κ1) is 11.9. The number of halogens is 1. The predicted molar refractivity (Wildman–Crippen MR) is 65.2 cm³/mol. The number of nitrogen functional groups attached to an aromatic ring is 1. The van der Waals surface area contributed by atoms with Crippen molar-refractivity contribution in [3.05, 3.63) is 29.6 Å². The molecule has 0 aliphatic heterocycles. The molecule has 0 radical (unpaired) electrons. The van der Waals surface area contributed by atoms with E-state index in [-0.39, 0.29) is 17.0 Å². The van der Waals surface area contributed by atoms with Crippen LogP contribution in [0, 0.1) is 5.82 Å². The first-order valence-corrected chi connectivity index (χ1v) is 5.88. The molecule has 4 heteroatoms. The van der Waals surface area contributed by atoms with E-state index in [9.17, 15) is 9.18 Å². The molecule has 0 unspecified atom stereocenters. The molecule has 0 spiro atoms. The summed E-state index contributed by atoms with van der Waals surface area (Å²) in [6, 6.07) is 3.85. The molecule has 0 aromatic heterocycles. The Morgan fingerprint density at radius 2 is 2.06 bits per heavy atom. The highest BCUT2D eigenvalue weighted by Crippen LogP contribution is 2.29. The van der Waals surface area contributed by atoms with Gasteiger partial charge in [0.25, 0.3) is 5.91 Å². The molecule has 0 atom stereocenters. The Hall–Kier alpha value is -1.58. The van der Waals surface area contributed by atoms with Crippen molar-refractivity contribution < 1.29 is 9.18 Å². The molecule has 1 saturated carbocycles. The third-order valence-corrected chi connectivity index (χ3v) is 3.38. The maximum atomic E-state index is 13.1. The van der Waals surface area contributed by atoms with Gasteiger partial charge in [0, 0.05) is 11.2 Å². The summed E-state index contributed by atoms with van der Waals surface area (Å²) in [6.45, 7) is 2.02. The Kier molecular flexibility index (Phi) is 3.05. The Labute approximate surface area is 100 Å². The van der Waals surface area contributed by atoms with Crippen LogP contribution in [0.1, 0.15) is 43.0 Å². The lowest BCUT2D eigenvalue weighted by Crippen LogP contribution is -2.43. The maximum absolute atomic E-state index is 13.1. The molecular formula is C13H17FN2O. The van der Waals surface area contributed by atoms with Crippen LogP contribution in [-0.2, 0) is 0 Å². The quantitative estimate of drug-likeness (QED) is 0.775. The zero-order valence-corrected chi connectivity index (χ0v) is 9.92. The van der Waals surface area contributed by atoms with E-state index in [0.717, 1.165) is 25.7 Å². The van der Waals surface area contributed by atoms with E-state index in [1.165, 1.54) is 18.2 Å². The van der Waals surface area contributed by atoms with Gasteiger partial charge >= 0.3 is 0 Å². The smallest absolute Gasteiger partial charge is 0.253 e. The number of nitrogens with one attached hydrogen (secondary N) is 1. The van der Waals surface area contributed by atoms with Gasteiger partial charge in [0.05, 0.1) is 5.56 Å². The van der Waals surface area contributed by atoms with E-state index < -0.39 is 5.82 Å². The van der Waals surface area contributed by atoms with Crippen LogP contribution < -0.4 is 11.1 Å². The summed E-state index contributed by atoms with van der Waals surface area (Å²) in [6.07, 6.45) is 4.17. The molecule has 3 N–H and O–H groups in total. The van der Waals surface area contributed by atoms with Gasteiger partial charge in [-0.05, 0) is 38.0 Å². The second-order valence-corrected chi connectivity index (χ2v) is 4.95. The number of nitrogens with two attached hydrogens (primary N) is 1. The third kappa shape index (κ3) is 2.57. The Morgan fingerprint density at radius 3 is 2.71 bits per heavy atom. The lowest BCUT2D eigenvalue weighted by molar-refractivity contribution is 0.0908. The molecule has 1 fully saturated rings. The number of hydrogen-bond donors (Lipinski definition) is 2. The fourth-order valence-electron chi connectivity index (χ4n) is 2.35. The van der Waals surface area contributed by atoms with E-state index >= 15 is 0 Å². The van der Waals surface area contributed by atoms with Crippen molar-refractivity contribution in [3.8, 4) is 0 Å². The minimum atomic E-state index is -0.444. The van der Waals surface area contributed by atoms with Gasteiger partial charge in [0.15, 0.2) is 0 Å². The van der Waals surface area contributed by atoms with Gasteiger partial charge in [-0.1, -0.05) is 12.8 Å². The van der Waals surface area contributed by atoms with E-state index in [1.807, 2.05) is 6.92 Å². The second kappa shape index (κ2) is 4.35. The van der Waals surface area contributed by atoms with Crippen LogP contribution in [-0.4, -0.2) is 11.4 Å². The molecule has 1 amide bonds. The molecule has 92 valence electrons. The number of anilines is 1. The van der Waals surface area contributed by atoms with Crippen molar-refractivity contribution in [1.82, 2.24) is 5.32 Å². The standard InChI is InChI=1S/C13H17FN2O/c1-13(6-2-3-7-13)16-12(17)10-8-9(14)4-5-11(10)15/h4-5,8H,2-3,6-7,15H2,1H3,(H,16,17). The van der Waals surface area contributed by atoms with E-state index in [2.05, 4.69) is 5.32 Å². The van der Waals surface area contributed by atoms with E-state index in [0.29, 0.717) is 5.69 Å². The molecule has 1 aliphatic carbocycles. The largest absolute Gasteiger partial charge is 0.398 e. The van der Waals surface area contributed by atoms with Gasteiger partial charge in [-0.25, -0.2) is 4.39 Å². The highest BCUT2D eigenvalue weighted by atomic mass is 19.1. The summed E-state index contributed by atoms with van der Waals surface area (Å²) in [5.41, 5.74) is 6.04. The van der Waals surface area contributed by atoms with E-state index in [1.54, 1.807) is 0 Å². The third-order valence-electron chi connectivity index (χ3n) is 3.38. The Morgan fingerprint density at radius 1 is 1.41 bits per heavy atom. The van der Waals surface area contributed by atoms with Gasteiger partial charge < -0.3 is 11.1 Å². The monoisotopic (exact) mass is 236 g/mol. The zero-order valence-electron chi connectivity index (χ0n) is 9.92. The summed E-state index contributed by atoms with van der Waals surface area (Å²) in [4.78, 5) is 12.0. The summed E-state index contributed by atoms with van der Waals surface area (Å²) in [7, 11) is 0. The Bertz CT molecular complexity index is 439. The first-order chi connectivity index (χ1) is 8.00. The number of carbonyl (C=O) groups excluding carboxylic acids is 1. The highest BCUT2D eigenvalue weighted by molar-refractivity contribution is 5.99. The first-order valence-electron chi connectivity index (χ1n) is 5.88. The molecule has 0 bridgehead atoms. The van der Waals surface area contributed by atoms with Crippen molar-refractivity contribution in [2.24, 2.45) is 0 Å². The van der Waals surface area contributed by atoms with Gasteiger partial charge in [0.1, 0.15) is 5.82 Å². The van der Waals surface area contributed by atoms with Gasteiger partial charge in [0.2, 0.25) is 0 Å². The van der Waals surface area contributed by atoms with Crippen molar-refractivity contribution in [3.63, 3.8) is 0 Å². The lowest BCUT2D eigenvalue weighted by Gasteiger charge is -2.25. The maximum Gasteiger partial charge on any atom is 0.253 e. The second-order valence-electron chi connectivity index (χ2n) is 4.95. The van der Waals surface area contributed by atoms with Crippen molar-refractivity contribution in [2.45, 2.75) is 38.1 Å². The molecule has 1 aromatic rings. The molecule has 1 aromatic carbocycles. The van der Waals surface area contributed by atoms with E-state index in [4.69, 9.17) is 5.73 Å². The Balaban J connectivity index is 2.17. The van der Waals surface area contributed by atoms with Crippen LogP contribution in [0.25, 0.3) is 0 Å². The van der Waals surface area contributed by atoms with Gasteiger partial charge in [-0.2, -0.15) is 0 Å². The van der Waals surface area contributed by atoms with Crippen molar-refractivity contribution >= 4 is 11.6 Å². The molecular weight excluding hydrogens is 219 g/mol. The summed E-state index contributed by atoms with van der Waals surface area (Å²) in [5, 5.41) is 2.95. The topological polar surface area (TPSA) is 55.1 Å². The summed E-state index contributed by atoms with van der Waals surface area (Å²) >= 11 is 0. The number of carbonyl (C=O) groups is 1. The van der Waals surface area contributed by atoms with Crippen LogP contribution >= 0.6 is 0 Å². The summed E-state index contributed by atoms with van der Waals surface area (Å²) < 4.78 is 13.1. The highest BCUT2D eigenvalue weighted by Gasteiger charge is 2.30. The van der Waals surface area contributed by atoms with Crippen molar-refractivity contribution in [2.75, 3.05) is 5.73 Å². The lowest BCUT2D eigenvalue weighted by atomic mass is 10.00. The average Bonchev–Trinajstić information content (AvgIpc) is 2.68. The summed E-state index contributed by atoms with van der Waals surface area (Å²) in [5.74, 6) is -0.729. The number of benzene rings is 1. The minimum absolute atomic E-state index is 0.171. The molecule has 17 heavy (non-hydrogen) atoms. The van der Waals surface area contributed by atoms with Gasteiger partial charge in [-0.3, -0.25) is 4.79 Å². The molecule has 0 saturated heterocycles. The number of hydrogen-bond acceptors (Lipinski definition) is 2. The normalized spacial score (nSPS) is 18.0. The van der Waals surface area contributed by atoms with Crippen LogP contribution in [0.2, 0.25) is 0 Å². The number of amides is 1. The van der Waals surface area contributed by atoms with Crippen molar-refractivity contribution in [1.29, 1.82) is 0 Å². The molecule has 3 nitrogen and oxygen atoms in total. The fourth-order valence-corrected chi connectivity index (χ4v) is 2.35. The van der Waals surface area contributed by atoms with Crippen LogP contribution in [0.15, 0.2) is 18.2 Å². The van der Waals surface area contributed by atoms with Gasteiger partial charge in [-0.15, -0.1) is 0 Å². The SMILES string of the molecule is CC1(NC(=O)c2cc(F)ccc2N)CCCC1. The van der Waals surface area contributed by atoms with Crippen LogP contribution in [0.5, 0.6) is 0 Å². The van der Waals surface area contributed by atoms with Crippen LogP contribution in [0.3, 0.4) is 0 Å². The number of rotatable bonds is 2.